The van der Waals surface area contributed by atoms with Crippen LogP contribution in [0.1, 0.15) is 55.7 Å². The summed E-state index contributed by atoms with van der Waals surface area (Å²) in [6, 6.07) is 0. The van der Waals surface area contributed by atoms with Gasteiger partial charge < -0.3 is 14.7 Å². The average molecular weight is 359 g/mol. The fraction of sp³-hybridized carbons (Fsp3) is 0.800. The fourth-order valence-corrected chi connectivity index (χ4v) is 4.23. The molecule has 1 aromatic heterocycles. The number of aliphatic hydroxyl groups excluding tert-OH is 1. The third-order valence-corrected chi connectivity index (χ3v) is 6.34. The summed E-state index contributed by atoms with van der Waals surface area (Å²) in [5, 5.41) is 14.4. The number of amides is 1. The summed E-state index contributed by atoms with van der Waals surface area (Å²) >= 11 is 0. The Hall–Kier alpha value is -1.40. The third-order valence-electron chi connectivity index (χ3n) is 6.34. The molecule has 142 valence electrons. The first-order valence-corrected chi connectivity index (χ1v) is 10.3. The Balaban J connectivity index is 1.30. The van der Waals surface area contributed by atoms with Gasteiger partial charge in [-0.1, -0.05) is 0 Å². The van der Waals surface area contributed by atoms with E-state index in [0.717, 1.165) is 30.7 Å². The summed E-state index contributed by atoms with van der Waals surface area (Å²) in [4.78, 5) is 14.8. The zero-order valence-electron chi connectivity index (χ0n) is 15.3. The Bertz CT molecular complexity index is 674. The number of ether oxygens (including phenoxy) is 1. The van der Waals surface area contributed by atoms with Crippen LogP contribution in [0, 0.1) is 17.8 Å². The summed E-state index contributed by atoms with van der Waals surface area (Å²) in [5.74, 6) is 1.91. The molecule has 2 heterocycles. The van der Waals surface area contributed by atoms with Gasteiger partial charge in [-0.15, -0.1) is 0 Å². The van der Waals surface area contributed by atoms with Crippen LogP contribution in [0.5, 0.6) is 0 Å². The van der Waals surface area contributed by atoms with Crippen LogP contribution >= 0.6 is 0 Å². The van der Waals surface area contributed by atoms with Gasteiger partial charge in [-0.3, -0.25) is 9.48 Å². The van der Waals surface area contributed by atoms with Crippen molar-refractivity contribution in [2.75, 3.05) is 19.8 Å². The van der Waals surface area contributed by atoms with E-state index < -0.39 is 0 Å². The first-order chi connectivity index (χ1) is 12.7. The third kappa shape index (κ3) is 3.54. The lowest BCUT2D eigenvalue weighted by Crippen LogP contribution is -2.47. The van der Waals surface area contributed by atoms with Gasteiger partial charge >= 0.3 is 0 Å². The van der Waals surface area contributed by atoms with E-state index in [4.69, 9.17) is 9.84 Å². The van der Waals surface area contributed by atoms with E-state index in [1.165, 1.54) is 31.2 Å². The molecular formula is C20H29N3O3. The van der Waals surface area contributed by atoms with E-state index >= 15 is 0 Å². The van der Waals surface area contributed by atoms with Crippen LogP contribution in [0.2, 0.25) is 0 Å². The quantitative estimate of drug-likeness (QED) is 0.808. The number of carbonyl (C=O) groups is 1. The van der Waals surface area contributed by atoms with E-state index in [9.17, 15) is 9.90 Å². The van der Waals surface area contributed by atoms with E-state index in [0.29, 0.717) is 32.5 Å². The zero-order chi connectivity index (χ0) is 17.7. The molecule has 0 radical (unpaired) electrons. The van der Waals surface area contributed by atoms with Crippen LogP contribution in [0.3, 0.4) is 0 Å². The summed E-state index contributed by atoms with van der Waals surface area (Å²) in [6.07, 6.45) is 8.30. The topological polar surface area (TPSA) is 67.6 Å². The summed E-state index contributed by atoms with van der Waals surface area (Å²) in [7, 11) is 0. The maximum Gasteiger partial charge on any atom is 0.226 e. The van der Waals surface area contributed by atoms with Gasteiger partial charge in [0.15, 0.2) is 0 Å². The van der Waals surface area contributed by atoms with Gasteiger partial charge in [0.2, 0.25) is 5.91 Å². The molecule has 0 unspecified atom stereocenters. The molecule has 3 fully saturated rings. The lowest BCUT2D eigenvalue weighted by atomic mass is 9.81. The molecule has 6 nitrogen and oxygen atoms in total. The van der Waals surface area contributed by atoms with Gasteiger partial charge in [-0.05, 0) is 50.4 Å². The molecule has 6 heteroatoms. The molecule has 0 aromatic carbocycles. The van der Waals surface area contributed by atoms with Crippen molar-refractivity contribution in [2.45, 2.75) is 63.6 Å². The van der Waals surface area contributed by atoms with E-state index in [2.05, 4.69) is 10.9 Å². The first-order valence-electron chi connectivity index (χ1n) is 10.3. The Morgan fingerprint density at radius 3 is 2.65 bits per heavy atom. The Morgan fingerprint density at radius 1 is 1.19 bits per heavy atom. The Kier molecular flexibility index (Phi) is 4.28. The maximum absolute atomic E-state index is 12.8. The molecule has 4 aliphatic rings. The SMILES string of the molecule is O=C(C1CC(O)C1)N1Cc2cn(CC3CC3)nc2[C@@H](COCC2CC2)C1. The van der Waals surface area contributed by atoms with Crippen molar-refractivity contribution in [1.82, 2.24) is 14.7 Å². The van der Waals surface area contributed by atoms with Crippen molar-refractivity contribution in [2.24, 2.45) is 17.8 Å². The number of aliphatic hydroxyl groups is 1. The molecule has 0 spiro atoms. The van der Waals surface area contributed by atoms with Crippen LogP contribution in [0.15, 0.2) is 6.20 Å². The maximum atomic E-state index is 12.8. The number of rotatable bonds is 7. The lowest BCUT2D eigenvalue weighted by molar-refractivity contribution is -0.144. The molecule has 3 saturated carbocycles. The number of fused-ring (bicyclic) bond motifs is 1. The van der Waals surface area contributed by atoms with Crippen LogP contribution in [0.25, 0.3) is 0 Å². The van der Waals surface area contributed by atoms with Gasteiger partial charge in [0.25, 0.3) is 0 Å². The predicted molar refractivity (Wildman–Crippen MR) is 95.4 cm³/mol. The molecule has 5 rings (SSSR count). The smallest absolute Gasteiger partial charge is 0.226 e. The number of hydrogen-bond donors (Lipinski definition) is 1. The highest BCUT2D eigenvalue weighted by Gasteiger charge is 2.39. The van der Waals surface area contributed by atoms with Gasteiger partial charge in [0.1, 0.15) is 0 Å². The second kappa shape index (κ2) is 6.64. The molecule has 0 saturated heterocycles. The van der Waals surface area contributed by atoms with Crippen molar-refractivity contribution in [3.8, 4) is 0 Å². The number of carbonyl (C=O) groups excluding carboxylic acids is 1. The Morgan fingerprint density at radius 2 is 1.96 bits per heavy atom. The average Bonchev–Trinajstić information content (AvgIpc) is 3.51. The second-order valence-electron chi connectivity index (χ2n) is 8.92. The summed E-state index contributed by atoms with van der Waals surface area (Å²) < 4.78 is 8.07. The minimum absolute atomic E-state index is 0.00101. The number of nitrogens with zero attached hydrogens (tertiary/aromatic N) is 3. The number of hydrogen-bond acceptors (Lipinski definition) is 4. The molecular weight excluding hydrogens is 330 g/mol. The van der Waals surface area contributed by atoms with E-state index in [1.807, 2.05) is 4.90 Å². The standard InChI is InChI=1S/C20H29N3O3/c24-18-5-15(6-18)20(25)22-8-16-10-23(7-13-1-2-13)21-19(16)17(9-22)12-26-11-14-3-4-14/h10,13-15,17-18,24H,1-9,11-12H2/t15?,17-,18?/m1/s1. The van der Waals surface area contributed by atoms with Crippen LogP contribution < -0.4 is 0 Å². The minimum Gasteiger partial charge on any atom is -0.393 e. The molecule has 1 aliphatic heterocycles. The Labute approximate surface area is 154 Å². The van der Waals surface area contributed by atoms with Crippen molar-refractivity contribution >= 4 is 5.91 Å². The van der Waals surface area contributed by atoms with Crippen LogP contribution in [-0.2, 0) is 22.6 Å². The highest BCUT2D eigenvalue weighted by molar-refractivity contribution is 5.80. The molecule has 1 N–H and O–H groups in total. The monoisotopic (exact) mass is 359 g/mol. The van der Waals surface area contributed by atoms with Gasteiger partial charge in [-0.2, -0.15) is 5.10 Å². The van der Waals surface area contributed by atoms with E-state index in [1.54, 1.807) is 0 Å². The van der Waals surface area contributed by atoms with Gasteiger partial charge in [-0.25, -0.2) is 0 Å². The largest absolute Gasteiger partial charge is 0.393 e. The lowest BCUT2D eigenvalue weighted by Gasteiger charge is -2.38. The molecule has 26 heavy (non-hydrogen) atoms. The predicted octanol–water partition coefficient (Wildman–Crippen LogP) is 1.92. The van der Waals surface area contributed by atoms with Crippen LogP contribution in [0.4, 0.5) is 0 Å². The van der Waals surface area contributed by atoms with Gasteiger partial charge in [0.05, 0.1) is 18.4 Å². The van der Waals surface area contributed by atoms with Crippen molar-refractivity contribution in [3.63, 3.8) is 0 Å². The highest BCUT2D eigenvalue weighted by atomic mass is 16.5. The van der Waals surface area contributed by atoms with Crippen molar-refractivity contribution in [3.05, 3.63) is 17.5 Å². The molecule has 1 amide bonds. The van der Waals surface area contributed by atoms with Gasteiger partial charge in [0, 0.05) is 49.8 Å². The van der Waals surface area contributed by atoms with E-state index in [-0.39, 0.29) is 23.8 Å². The molecule has 1 aromatic rings. The molecule has 3 aliphatic carbocycles. The molecule has 1 atom stereocenters. The summed E-state index contributed by atoms with van der Waals surface area (Å²) in [6.45, 7) is 3.86. The fourth-order valence-electron chi connectivity index (χ4n) is 4.23. The van der Waals surface area contributed by atoms with Crippen molar-refractivity contribution < 1.29 is 14.6 Å². The molecule has 0 bridgehead atoms. The second-order valence-corrected chi connectivity index (χ2v) is 8.92. The number of aromatic nitrogens is 2. The normalized spacial score (nSPS) is 30.8. The summed E-state index contributed by atoms with van der Waals surface area (Å²) in [5.41, 5.74) is 2.32. The van der Waals surface area contributed by atoms with Crippen LogP contribution in [-0.4, -0.2) is 51.6 Å². The highest BCUT2D eigenvalue weighted by Crippen LogP contribution is 2.35. The minimum atomic E-state index is -0.289. The van der Waals surface area contributed by atoms with Crippen molar-refractivity contribution in [1.29, 1.82) is 0 Å². The first kappa shape index (κ1) is 16.8. The zero-order valence-corrected chi connectivity index (χ0v) is 15.3.